The SMILES string of the molecule is C[C@@H](NC(=O)CNC(=O)c1ccc(Br)cc1)c1ccc(Cl)cc1. The summed E-state index contributed by atoms with van der Waals surface area (Å²) in [4.78, 5) is 23.9. The Morgan fingerprint density at radius 2 is 1.70 bits per heavy atom. The van der Waals surface area contributed by atoms with Gasteiger partial charge in [-0.3, -0.25) is 9.59 Å². The van der Waals surface area contributed by atoms with Crippen LogP contribution in [0.2, 0.25) is 5.02 Å². The quantitative estimate of drug-likeness (QED) is 0.811. The number of carbonyl (C=O) groups excluding carboxylic acids is 2. The Labute approximate surface area is 148 Å². The molecule has 2 amide bonds. The minimum absolute atomic E-state index is 0.0766. The van der Waals surface area contributed by atoms with E-state index in [0.717, 1.165) is 10.0 Å². The normalized spacial score (nSPS) is 11.6. The number of benzene rings is 2. The van der Waals surface area contributed by atoms with Crippen LogP contribution in [0.15, 0.2) is 53.0 Å². The lowest BCUT2D eigenvalue weighted by Crippen LogP contribution is -2.38. The Balaban J connectivity index is 1.83. The predicted molar refractivity (Wildman–Crippen MR) is 94.5 cm³/mol. The summed E-state index contributed by atoms with van der Waals surface area (Å²) in [5, 5.41) is 6.07. The number of rotatable bonds is 5. The Bertz CT molecular complexity index is 687. The molecule has 2 aromatic carbocycles. The summed E-state index contributed by atoms with van der Waals surface area (Å²) in [5.74, 6) is -0.537. The second-order valence-corrected chi connectivity index (χ2v) is 6.38. The van der Waals surface area contributed by atoms with Crippen molar-refractivity contribution >= 4 is 39.3 Å². The van der Waals surface area contributed by atoms with Gasteiger partial charge in [0, 0.05) is 15.1 Å². The van der Waals surface area contributed by atoms with Crippen LogP contribution in [-0.2, 0) is 4.79 Å². The first-order valence-corrected chi connectivity index (χ1v) is 8.21. The fraction of sp³-hybridized carbons (Fsp3) is 0.176. The molecule has 6 heteroatoms. The molecule has 0 heterocycles. The van der Waals surface area contributed by atoms with Gasteiger partial charge in [0.1, 0.15) is 0 Å². The minimum atomic E-state index is -0.285. The Hall–Kier alpha value is -1.85. The standard InChI is InChI=1S/C17H16BrClN2O2/c1-11(12-4-8-15(19)9-5-12)21-16(22)10-20-17(23)13-2-6-14(18)7-3-13/h2-9,11H,10H2,1H3,(H,20,23)(H,21,22)/t11-/m1/s1. The highest BCUT2D eigenvalue weighted by molar-refractivity contribution is 9.10. The third-order valence-corrected chi connectivity index (χ3v) is 4.04. The van der Waals surface area contributed by atoms with E-state index < -0.39 is 0 Å². The van der Waals surface area contributed by atoms with Gasteiger partial charge in [0.25, 0.3) is 5.91 Å². The lowest BCUT2D eigenvalue weighted by atomic mass is 10.1. The first-order chi connectivity index (χ1) is 11.0. The maximum atomic E-state index is 11.9. The van der Waals surface area contributed by atoms with E-state index in [2.05, 4.69) is 26.6 Å². The molecule has 0 aromatic heterocycles. The zero-order chi connectivity index (χ0) is 16.8. The van der Waals surface area contributed by atoms with Crippen LogP contribution in [0.3, 0.4) is 0 Å². The fourth-order valence-corrected chi connectivity index (χ4v) is 2.38. The molecule has 0 fully saturated rings. The summed E-state index contributed by atoms with van der Waals surface area (Å²) in [6.07, 6.45) is 0. The van der Waals surface area contributed by atoms with Crippen LogP contribution in [0.5, 0.6) is 0 Å². The van der Waals surface area contributed by atoms with Crippen LogP contribution in [0.1, 0.15) is 28.9 Å². The molecule has 0 aliphatic carbocycles. The van der Waals surface area contributed by atoms with E-state index in [-0.39, 0.29) is 24.4 Å². The van der Waals surface area contributed by atoms with Crippen molar-refractivity contribution in [2.75, 3.05) is 6.54 Å². The molecule has 0 aliphatic rings. The number of nitrogens with one attached hydrogen (secondary N) is 2. The first kappa shape index (κ1) is 17.5. The van der Waals surface area contributed by atoms with Gasteiger partial charge in [0.05, 0.1) is 12.6 Å². The van der Waals surface area contributed by atoms with Gasteiger partial charge in [-0.05, 0) is 48.9 Å². The summed E-state index contributed by atoms with van der Waals surface area (Å²) in [6.45, 7) is 1.80. The van der Waals surface area contributed by atoms with E-state index in [0.29, 0.717) is 10.6 Å². The highest BCUT2D eigenvalue weighted by Crippen LogP contribution is 2.15. The van der Waals surface area contributed by atoms with Crippen LogP contribution < -0.4 is 10.6 Å². The first-order valence-electron chi connectivity index (χ1n) is 7.04. The van der Waals surface area contributed by atoms with Crippen LogP contribution in [-0.4, -0.2) is 18.4 Å². The van der Waals surface area contributed by atoms with Crippen molar-refractivity contribution in [2.45, 2.75) is 13.0 Å². The molecule has 0 spiro atoms. The molecule has 0 radical (unpaired) electrons. The Kier molecular flexibility index (Phi) is 6.19. The molecular weight excluding hydrogens is 380 g/mol. The number of carbonyl (C=O) groups is 2. The van der Waals surface area contributed by atoms with Crippen molar-refractivity contribution < 1.29 is 9.59 Å². The lowest BCUT2D eigenvalue weighted by Gasteiger charge is -2.14. The number of hydrogen-bond donors (Lipinski definition) is 2. The van der Waals surface area contributed by atoms with Gasteiger partial charge in [-0.25, -0.2) is 0 Å². The third kappa shape index (κ3) is 5.37. The smallest absolute Gasteiger partial charge is 0.251 e. The average Bonchev–Trinajstić information content (AvgIpc) is 2.54. The maximum absolute atomic E-state index is 11.9. The van der Waals surface area contributed by atoms with Gasteiger partial charge < -0.3 is 10.6 Å². The highest BCUT2D eigenvalue weighted by Gasteiger charge is 2.11. The Morgan fingerprint density at radius 1 is 1.09 bits per heavy atom. The molecular formula is C17H16BrClN2O2. The van der Waals surface area contributed by atoms with E-state index in [1.54, 1.807) is 36.4 Å². The molecule has 0 saturated heterocycles. The minimum Gasteiger partial charge on any atom is -0.348 e. The molecule has 0 saturated carbocycles. The van der Waals surface area contributed by atoms with Gasteiger partial charge in [-0.2, -0.15) is 0 Å². The van der Waals surface area contributed by atoms with Crippen molar-refractivity contribution in [1.29, 1.82) is 0 Å². The average molecular weight is 396 g/mol. The van der Waals surface area contributed by atoms with Crippen molar-refractivity contribution in [3.8, 4) is 0 Å². The topological polar surface area (TPSA) is 58.2 Å². The van der Waals surface area contributed by atoms with Crippen molar-refractivity contribution in [3.63, 3.8) is 0 Å². The largest absolute Gasteiger partial charge is 0.348 e. The van der Waals surface area contributed by atoms with Crippen LogP contribution in [0.4, 0.5) is 0 Å². The molecule has 23 heavy (non-hydrogen) atoms. The van der Waals surface area contributed by atoms with Crippen molar-refractivity contribution in [1.82, 2.24) is 10.6 Å². The van der Waals surface area contributed by atoms with E-state index >= 15 is 0 Å². The maximum Gasteiger partial charge on any atom is 0.251 e. The monoisotopic (exact) mass is 394 g/mol. The number of hydrogen-bond acceptors (Lipinski definition) is 2. The van der Waals surface area contributed by atoms with Gasteiger partial charge in [0.2, 0.25) is 5.91 Å². The fourth-order valence-electron chi connectivity index (χ4n) is 1.99. The summed E-state index contributed by atoms with van der Waals surface area (Å²) in [6, 6.07) is 14.0. The zero-order valence-electron chi connectivity index (χ0n) is 12.5. The molecule has 0 bridgehead atoms. The second kappa shape index (κ2) is 8.13. The van der Waals surface area contributed by atoms with E-state index in [1.807, 2.05) is 19.1 Å². The number of amides is 2. The van der Waals surface area contributed by atoms with Crippen molar-refractivity contribution in [2.24, 2.45) is 0 Å². The highest BCUT2D eigenvalue weighted by atomic mass is 79.9. The summed E-state index contributed by atoms with van der Waals surface area (Å²) in [5.41, 5.74) is 1.45. The van der Waals surface area contributed by atoms with Gasteiger partial charge in [-0.15, -0.1) is 0 Å². The van der Waals surface area contributed by atoms with E-state index in [9.17, 15) is 9.59 Å². The third-order valence-electron chi connectivity index (χ3n) is 3.26. The summed E-state index contributed by atoms with van der Waals surface area (Å²) in [7, 11) is 0. The van der Waals surface area contributed by atoms with Crippen LogP contribution in [0.25, 0.3) is 0 Å². The van der Waals surface area contributed by atoms with Gasteiger partial charge in [0.15, 0.2) is 0 Å². The van der Waals surface area contributed by atoms with E-state index in [4.69, 9.17) is 11.6 Å². The molecule has 2 rings (SSSR count). The summed E-state index contributed by atoms with van der Waals surface area (Å²) < 4.78 is 0.892. The van der Waals surface area contributed by atoms with Crippen LogP contribution >= 0.6 is 27.5 Å². The lowest BCUT2D eigenvalue weighted by molar-refractivity contribution is -0.120. The second-order valence-electron chi connectivity index (χ2n) is 5.03. The molecule has 0 unspecified atom stereocenters. The molecule has 1 atom stereocenters. The number of halogens is 2. The summed E-state index contributed by atoms with van der Waals surface area (Å²) >= 11 is 9.14. The van der Waals surface area contributed by atoms with E-state index in [1.165, 1.54) is 0 Å². The van der Waals surface area contributed by atoms with Crippen LogP contribution in [0, 0.1) is 0 Å². The van der Waals surface area contributed by atoms with Crippen molar-refractivity contribution in [3.05, 3.63) is 69.2 Å². The molecule has 2 N–H and O–H groups in total. The Morgan fingerprint density at radius 3 is 2.30 bits per heavy atom. The molecule has 4 nitrogen and oxygen atoms in total. The molecule has 0 aliphatic heterocycles. The van der Waals surface area contributed by atoms with Gasteiger partial charge >= 0.3 is 0 Å². The predicted octanol–water partition coefficient (Wildman–Crippen LogP) is 3.71. The van der Waals surface area contributed by atoms with Gasteiger partial charge in [-0.1, -0.05) is 39.7 Å². The zero-order valence-corrected chi connectivity index (χ0v) is 14.8. The molecule has 120 valence electrons. The molecule has 2 aromatic rings.